The van der Waals surface area contributed by atoms with Crippen LogP contribution in [-0.4, -0.2) is 4.57 Å². The van der Waals surface area contributed by atoms with E-state index in [0.717, 1.165) is 28.3 Å². The summed E-state index contributed by atoms with van der Waals surface area (Å²) in [5.41, 5.74) is 16.4. The minimum atomic E-state index is 1.07. The maximum Gasteiger partial charge on any atom is 0.0562 e. The lowest BCUT2D eigenvalue weighted by atomic mass is 9.85. The summed E-state index contributed by atoms with van der Waals surface area (Å²) >= 11 is 0. The van der Waals surface area contributed by atoms with Crippen LogP contribution in [-0.2, 0) is 0 Å². The largest absolute Gasteiger partial charge is 0.310 e. The molecule has 0 aliphatic heterocycles. The van der Waals surface area contributed by atoms with Crippen molar-refractivity contribution < 1.29 is 0 Å². The third-order valence-electron chi connectivity index (χ3n) is 14.8. The lowest BCUT2D eigenvalue weighted by molar-refractivity contribution is 1.18. The van der Waals surface area contributed by atoms with Gasteiger partial charge in [0.25, 0.3) is 0 Å². The van der Waals surface area contributed by atoms with Crippen molar-refractivity contribution in [1.29, 1.82) is 0 Å². The summed E-state index contributed by atoms with van der Waals surface area (Å²) in [6.07, 6.45) is 0. The number of rotatable bonds is 8. The molecule has 0 fully saturated rings. The normalized spacial score (nSPS) is 11.6. The van der Waals surface area contributed by atoms with Crippen molar-refractivity contribution >= 4 is 82.0 Å². The van der Waals surface area contributed by atoms with E-state index in [0.29, 0.717) is 0 Å². The summed E-state index contributed by atoms with van der Waals surface area (Å²) < 4.78 is 2.41. The molecule has 1 heterocycles. The highest BCUT2D eigenvalue weighted by Crippen LogP contribution is 2.49. The second-order valence-corrected chi connectivity index (χ2v) is 18.7. The zero-order valence-electron chi connectivity index (χ0n) is 39.5. The first-order chi connectivity index (χ1) is 35.8. The van der Waals surface area contributed by atoms with Crippen LogP contribution in [0.25, 0.3) is 115 Å². The Balaban J connectivity index is 1.00. The molecule has 0 radical (unpaired) electrons. The molecule has 336 valence electrons. The first-order valence-electron chi connectivity index (χ1n) is 24.8. The van der Waals surface area contributed by atoms with Crippen molar-refractivity contribution in [3.63, 3.8) is 0 Å². The Morgan fingerprint density at radius 2 is 0.542 bits per heavy atom. The quantitative estimate of drug-likeness (QED) is 0.138. The molecule has 14 aromatic rings. The van der Waals surface area contributed by atoms with Crippen molar-refractivity contribution in [2.45, 2.75) is 0 Å². The van der Waals surface area contributed by atoms with Crippen molar-refractivity contribution in [2.24, 2.45) is 0 Å². The maximum absolute atomic E-state index is 2.46. The summed E-state index contributed by atoms with van der Waals surface area (Å²) in [4.78, 5) is 2.46. The Hall–Kier alpha value is -9.50. The number of aromatic nitrogens is 1. The molecule has 0 saturated heterocycles. The molecule has 2 heteroatoms. The Kier molecular flexibility index (Phi) is 9.89. The number of fused-ring (bicyclic) bond motifs is 9. The zero-order chi connectivity index (χ0) is 47.5. The van der Waals surface area contributed by atoms with Crippen LogP contribution >= 0.6 is 0 Å². The molecule has 0 N–H and O–H groups in total. The van der Waals surface area contributed by atoms with Gasteiger partial charge in [-0.2, -0.15) is 0 Å². The summed E-state index contributed by atoms with van der Waals surface area (Å²) in [6.45, 7) is 0. The van der Waals surface area contributed by atoms with Crippen molar-refractivity contribution in [3.05, 3.63) is 279 Å². The Bertz CT molecular complexity index is 4140. The molecule has 0 saturated carbocycles. The average Bonchev–Trinajstić information content (AvgIpc) is 3.81. The van der Waals surface area contributed by atoms with E-state index in [4.69, 9.17) is 0 Å². The third-order valence-corrected chi connectivity index (χ3v) is 14.8. The average molecular weight is 915 g/mol. The Morgan fingerprint density at radius 1 is 0.222 bits per heavy atom. The molecule has 2 nitrogen and oxygen atoms in total. The van der Waals surface area contributed by atoms with Gasteiger partial charge in [0.1, 0.15) is 0 Å². The summed E-state index contributed by atoms with van der Waals surface area (Å²) in [5.74, 6) is 0. The van der Waals surface area contributed by atoms with Crippen LogP contribution in [0.5, 0.6) is 0 Å². The molecule has 72 heavy (non-hydrogen) atoms. The van der Waals surface area contributed by atoms with Gasteiger partial charge in [-0.25, -0.2) is 0 Å². The third kappa shape index (κ3) is 6.65. The second-order valence-electron chi connectivity index (χ2n) is 18.7. The van der Waals surface area contributed by atoms with Gasteiger partial charge in [0.15, 0.2) is 0 Å². The number of nitrogens with zero attached hydrogens (tertiary/aromatic N) is 2. The molecule has 0 spiro atoms. The van der Waals surface area contributed by atoms with Gasteiger partial charge in [0.2, 0.25) is 0 Å². The molecule has 0 amide bonds. The fraction of sp³-hybridized carbons (Fsp3) is 0. The molecule has 0 unspecified atom stereocenters. The Labute approximate surface area is 418 Å². The van der Waals surface area contributed by atoms with E-state index in [-0.39, 0.29) is 0 Å². The van der Waals surface area contributed by atoms with Crippen LogP contribution in [0.3, 0.4) is 0 Å². The Morgan fingerprint density at radius 3 is 0.958 bits per heavy atom. The van der Waals surface area contributed by atoms with Gasteiger partial charge in [-0.1, -0.05) is 224 Å². The molecule has 14 rings (SSSR count). The summed E-state index contributed by atoms with van der Waals surface area (Å²) in [5, 5.41) is 12.4. The first-order valence-corrected chi connectivity index (χ1v) is 24.8. The minimum Gasteiger partial charge on any atom is -0.310 e. The molecule has 0 aliphatic carbocycles. The first kappa shape index (κ1) is 41.5. The number of benzene rings is 13. The van der Waals surface area contributed by atoms with E-state index < -0.39 is 0 Å². The van der Waals surface area contributed by atoms with E-state index in [1.807, 2.05) is 0 Å². The van der Waals surface area contributed by atoms with E-state index in [2.05, 4.69) is 289 Å². The van der Waals surface area contributed by atoms with Gasteiger partial charge < -0.3 is 9.47 Å². The molecule has 1 aromatic heterocycles. The summed E-state index contributed by atoms with van der Waals surface area (Å²) in [7, 11) is 0. The van der Waals surface area contributed by atoms with Crippen LogP contribution in [0.4, 0.5) is 17.1 Å². The number of hydrogen-bond acceptors (Lipinski definition) is 1. The monoisotopic (exact) mass is 914 g/mol. The molecule has 13 aromatic carbocycles. The highest BCUT2D eigenvalue weighted by molar-refractivity contribution is 6.23. The lowest BCUT2D eigenvalue weighted by Gasteiger charge is -2.27. The number of para-hydroxylation sites is 2. The van der Waals surface area contributed by atoms with Crippen LogP contribution in [0, 0.1) is 0 Å². The van der Waals surface area contributed by atoms with Gasteiger partial charge in [-0.3, -0.25) is 0 Å². The van der Waals surface area contributed by atoms with Gasteiger partial charge in [0.05, 0.1) is 16.7 Å². The topological polar surface area (TPSA) is 8.17 Å². The minimum absolute atomic E-state index is 1.07. The van der Waals surface area contributed by atoms with Crippen LogP contribution in [0.15, 0.2) is 279 Å². The lowest BCUT2D eigenvalue weighted by Crippen LogP contribution is -2.10. The second kappa shape index (κ2) is 17.2. The van der Waals surface area contributed by atoms with E-state index >= 15 is 0 Å². The van der Waals surface area contributed by atoms with Crippen molar-refractivity contribution in [3.8, 4) is 50.2 Å². The van der Waals surface area contributed by atoms with Gasteiger partial charge in [-0.15, -0.1) is 0 Å². The highest BCUT2D eigenvalue weighted by Gasteiger charge is 2.24. The van der Waals surface area contributed by atoms with Gasteiger partial charge >= 0.3 is 0 Å². The van der Waals surface area contributed by atoms with E-state index in [1.54, 1.807) is 0 Å². The predicted octanol–water partition coefficient (Wildman–Crippen LogP) is 19.5. The smallest absolute Gasteiger partial charge is 0.0562 e. The molecular formula is C70H46N2. The maximum atomic E-state index is 2.46. The van der Waals surface area contributed by atoms with Crippen molar-refractivity contribution in [1.82, 2.24) is 4.57 Å². The van der Waals surface area contributed by atoms with Gasteiger partial charge in [0, 0.05) is 27.8 Å². The molecule has 0 bridgehead atoms. The molecule has 0 atom stereocenters. The fourth-order valence-electron chi connectivity index (χ4n) is 11.7. The van der Waals surface area contributed by atoms with Crippen molar-refractivity contribution in [2.75, 3.05) is 4.90 Å². The summed E-state index contributed by atoms with van der Waals surface area (Å²) in [6, 6.07) is 102. The van der Waals surface area contributed by atoms with Crippen LogP contribution < -0.4 is 4.90 Å². The number of anilines is 3. The number of hydrogen-bond donors (Lipinski definition) is 0. The highest BCUT2D eigenvalue weighted by atomic mass is 15.1. The zero-order valence-corrected chi connectivity index (χ0v) is 39.5. The van der Waals surface area contributed by atoms with E-state index in [9.17, 15) is 0 Å². The van der Waals surface area contributed by atoms with E-state index in [1.165, 1.54) is 104 Å². The fourth-order valence-corrected chi connectivity index (χ4v) is 11.7. The van der Waals surface area contributed by atoms with Crippen LogP contribution in [0.2, 0.25) is 0 Å². The van der Waals surface area contributed by atoms with Crippen LogP contribution in [0.1, 0.15) is 0 Å². The SMILES string of the molecule is c1ccc(-c2c(-c3ccc(N(c4ccc(-c5c(-c6ccccc6)c6ccccc6c6ccccc56)cc4)c4cccc5c4c4ccccc4n5-c4ccccc4)cc3)c3ccccc3c3ccccc23)cc1. The standard InChI is InChI=1S/C70H46N2/c1-4-21-47(22-5-1)66-58-31-14-10-27-54(58)56-29-12-16-33-60(56)68(66)49-39-43-52(44-40-49)71(64-37-20-38-65-70(64)62-35-18-19-36-63(62)72(65)51-25-8-3-9-26-51)53-45-41-50(42-46-53)69-61-34-17-13-30-57(61)55-28-11-15-32-59(55)67(69)48-23-6-2-7-24-48/h1-46H. The van der Waals surface area contributed by atoms with Gasteiger partial charge in [-0.05, 0) is 142 Å². The predicted molar refractivity (Wildman–Crippen MR) is 307 cm³/mol. The molecule has 0 aliphatic rings. The molecular weight excluding hydrogens is 869 g/mol.